The molecule has 0 bridgehead atoms. The summed E-state index contributed by atoms with van der Waals surface area (Å²) in [7, 11) is -2.95. The van der Waals surface area contributed by atoms with E-state index < -0.39 is 14.2 Å². The van der Waals surface area contributed by atoms with Crippen LogP contribution in [0.2, 0.25) is 0 Å². The van der Waals surface area contributed by atoms with Crippen LogP contribution in [-0.2, 0) is 0 Å². The molecule has 0 saturated carbocycles. The maximum atomic E-state index is 17.3. The molecule has 58 heavy (non-hydrogen) atoms. The number of hydrogen-bond donors (Lipinski definition) is 0. The van der Waals surface area contributed by atoms with E-state index >= 15 is 4.39 Å². The molecule has 0 N–H and O–H groups in total. The summed E-state index contributed by atoms with van der Waals surface area (Å²) in [6.07, 6.45) is 4.31. The highest BCUT2D eigenvalue weighted by molar-refractivity contribution is 7.27. The summed E-state index contributed by atoms with van der Waals surface area (Å²) in [5.41, 5.74) is 5.07. The van der Waals surface area contributed by atoms with E-state index in [9.17, 15) is 0 Å². The number of imidazole rings is 1. The first-order valence-electron chi connectivity index (χ1n) is 19.5. The maximum Gasteiger partial charge on any atom is 0.186 e. The molecule has 5 heterocycles. The van der Waals surface area contributed by atoms with E-state index in [1.807, 2.05) is 72.4 Å². The number of alkyl halides is 1. The van der Waals surface area contributed by atoms with E-state index in [0.717, 1.165) is 44.5 Å². The number of thiophene rings is 1. The molecule has 0 fully saturated rings. The van der Waals surface area contributed by atoms with Gasteiger partial charge in [-0.1, -0.05) is 140 Å². The minimum absolute atomic E-state index is 0.583. The van der Waals surface area contributed by atoms with Gasteiger partial charge in [0.2, 0.25) is 0 Å². The van der Waals surface area contributed by atoms with Crippen molar-refractivity contribution in [3.8, 4) is 0 Å². The third-order valence-electron chi connectivity index (χ3n) is 12.1. The van der Waals surface area contributed by atoms with Crippen molar-refractivity contribution < 1.29 is 4.39 Å². The van der Waals surface area contributed by atoms with Gasteiger partial charge in [-0.2, -0.15) is 0 Å². The zero-order chi connectivity index (χ0) is 38.4. The number of hydrogen-bond acceptors (Lipinski definition) is 4. The van der Waals surface area contributed by atoms with Crippen molar-refractivity contribution >= 4 is 105 Å². The summed E-state index contributed by atoms with van der Waals surface area (Å²) in [5, 5.41) is 10.6. The van der Waals surface area contributed by atoms with Gasteiger partial charge < -0.3 is 0 Å². The molecule has 12 rings (SSSR count). The molecule has 1 unspecified atom stereocenters. The number of benzene rings is 7. The van der Waals surface area contributed by atoms with Crippen molar-refractivity contribution in [2.75, 3.05) is 4.90 Å². The molecular weight excluding hydrogens is 748 g/mol. The van der Waals surface area contributed by atoms with Crippen LogP contribution in [0.4, 0.5) is 21.6 Å². The van der Waals surface area contributed by atoms with E-state index in [0.29, 0.717) is 11.1 Å². The van der Waals surface area contributed by atoms with Gasteiger partial charge in [0.15, 0.2) is 14.2 Å². The SMILES string of the molecule is FC(c1cccc(N2c3ncccc3[Si](c3ccccc3)(c3ccccc3)c3ccc4c(sc5ccccc54)c32)c1)c1ccc2c3ccccc3n3ccnc3c2c1. The summed E-state index contributed by atoms with van der Waals surface area (Å²) in [6, 6.07) is 62.0. The van der Waals surface area contributed by atoms with Gasteiger partial charge in [-0.15, -0.1) is 11.3 Å². The molecule has 4 aromatic heterocycles. The van der Waals surface area contributed by atoms with Crippen molar-refractivity contribution in [3.05, 3.63) is 206 Å². The fraction of sp³-hybridized carbons (Fsp3) is 0.0196. The lowest BCUT2D eigenvalue weighted by atomic mass is 9.97. The summed E-state index contributed by atoms with van der Waals surface area (Å²) >= 11 is 1.82. The van der Waals surface area contributed by atoms with Crippen LogP contribution in [0.1, 0.15) is 17.3 Å². The van der Waals surface area contributed by atoms with Gasteiger partial charge in [0.05, 0.1) is 15.9 Å². The van der Waals surface area contributed by atoms with Crippen molar-refractivity contribution in [2.24, 2.45) is 0 Å². The summed E-state index contributed by atoms with van der Waals surface area (Å²) in [6.45, 7) is 0. The number of anilines is 3. The van der Waals surface area contributed by atoms with Crippen LogP contribution < -0.4 is 25.6 Å². The second kappa shape index (κ2) is 12.8. The Balaban J connectivity index is 1.10. The topological polar surface area (TPSA) is 33.4 Å². The number of fused-ring (bicyclic) bond motifs is 12. The zero-order valence-electron chi connectivity index (χ0n) is 31.1. The molecule has 0 saturated heterocycles. The van der Waals surface area contributed by atoms with Crippen LogP contribution in [0, 0.1) is 0 Å². The highest BCUT2D eigenvalue weighted by atomic mass is 32.1. The lowest BCUT2D eigenvalue weighted by molar-refractivity contribution is 0.402. The number of rotatable bonds is 5. The monoisotopic (exact) mass is 780 g/mol. The van der Waals surface area contributed by atoms with E-state index in [2.05, 4.69) is 143 Å². The van der Waals surface area contributed by atoms with Crippen molar-refractivity contribution in [1.29, 1.82) is 0 Å². The Hall–Kier alpha value is -6.93. The van der Waals surface area contributed by atoms with Crippen LogP contribution in [0.5, 0.6) is 0 Å². The van der Waals surface area contributed by atoms with E-state index in [1.165, 1.54) is 40.9 Å². The lowest BCUT2D eigenvalue weighted by Crippen LogP contribution is -2.77. The van der Waals surface area contributed by atoms with Crippen LogP contribution in [0.25, 0.3) is 47.5 Å². The van der Waals surface area contributed by atoms with Gasteiger partial charge in [-0.25, -0.2) is 14.4 Å². The van der Waals surface area contributed by atoms with Crippen LogP contribution in [0.15, 0.2) is 195 Å². The Morgan fingerprint density at radius 2 is 1.26 bits per heavy atom. The van der Waals surface area contributed by atoms with Crippen molar-refractivity contribution in [3.63, 3.8) is 0 Å². The number of halogens is 1. The van der Waals surface area contributed by atoms with Gasteiger partial charge in [-0.05, 0) is 73.7 Å². The standard InChI is InChI=1S/C51H33FN4SSi/c52-47(34-24-25-38-39-19-7-9-21-43(39)55-30-29-54-50(55)42(38)32-34)33-13-11-14-35(31-33)56-48-45(27-26-41-40-20-8-10-22-44(40)57-49(41)48)58(36-15-3-1-4-16-36,37-17-5-2-6-18-37)46-23-12-28-53-51(46)56/h1-32,47H. The van der Waals surface area contributed by atoms with E-state index in [1.54, 1.807) is 0 Å². The number of pyridine rings is 2. The minimum Gasteiger partial charge on any atom is -0.299 e. The van der Waals surface area contributed by atoms with Gasteiger partial charge >= 0.3 is 0 Å². The number of aromatic nitrogens is 3. The molecule has 0 aliphatic carbocycles. The predicted molar refractivity (Wildman–Crippen MR) is 242 cm³/mol. The Kier molecular flexibility index (Phi) is 7.33. The molecule has 1 aliphatic rings. The Labute approximate surface area is 338 Å². The smallest absolute Gasteiger partial charge is 0.186 e. The first-order valence-corrected chi connectivity index (χ1v) is 22.3. The van der Waals surface area contributed by atoms with Crippen LogP contribution >= 0.6 is 11.3 Å². The van der Waals surface area contributed by atoms with Gasteiger partial charge in [-0.3, -0.25) is 9.30 Å². The van der Waals surface area contributed by atoms with Crippen molar-refractivity contribution in [1.82, 2.24) is 14.4 Å². The van der Waals surface area contributed by atoms with Crippen LogP contribution in [0.3, 0.4) is 0 Å². The molecule has 274 valence electrons. The molecule has 7 aromatic carbocycles. The van der Waals surface area contributed by atoms with Gasteiger partial charge in [0.25, 0.3) is 0 Å². The molecule has 0 amide bonds. The third kappa shape index (κ3) is 4.65. The second-order valence-electron chi connectivity index (χ2n) is 15.0. The summed E-state index contributed by atoms with van der Waals surface area (Å²) in [4.78, 5) is 12.3. The third-order valence-corrected chi connectivity index (χ3v) is 18.1. The molecule has 11 aromatic rings. The Bertz CT molecular complexity index is 3360. The minimum atomic E-state index is -2.95. The molecule has 1 atom stereocenters. The first kappa shape index (κ1) is 33.2. The Morgan fingerprint density at radius 3 is 2.09 bits per heavy atom. The highest BCUT2D eigenvalue weighted by Gasteiger charge is 2.50. The van der Waals surface area contributed by atoms with E-state index in [-0.39, 0.29) is 0 Å². The summed E-state index contributed by atoms with van der Waals surface area (Å²) < 4.78 is 21.8. The maximum absolute atomic E-state index is 17.3. The van der Waals surface area contributed by atoms with Gasteiger partial charge in [0.1, 0.15) is 11.5 Å². The molecule has 0 spiro atoms. The second-order valence-corrected chi connectivity index (χ2v) is 19.8. The molecule has 0 radical (unpaired) electrons. The highest BCUT2D eigenvalue weighted by Crippen LogP contribution is 2.47. The molecule has 7 heteroatoms. The average Bonchev–Trinajstić information content (AvgIpc) is 3.95. The fourth-order valence-electron chi connectivity index (χ4n) is 9.60. The predicted octanol–water partition coefficient (Wildman–Crippen LogP) is 10.6. The lowest BCUT2D eigenvalue weighted by Gasteiger charge is -2.44. The molecule has 1 aliphatic heterocycles. The average molecular weight is 781 g/mol. The number of nitrogens with zero attached hydrogens (tertiary/aromatic N) is 4. The number of para-hydroxylation sites is 1. The van der Waals surface area contributed by atoms with Crippen LogP contribution in [-0.4, -0.2) is 22.4 Å². The van der Waals surface area contributed by atoms with Gasteiger partial charge in [0, 0.05) is 50.5 Å². The largest absolute Gasteiger partial charge is 0.299 e. The zero-order valence-corrected chi connectivity index (χ0v) is 32.9. The van der Waals surface area contributed by atoms with E-state index in [4.69, 9.17) is 9.97 Å². The Morgan fingerprint density at radius 1 is 0.534 bits per heavy atom. The normalized spacial score (nSPS) is 14.0. The molecule has 4 nitrogen and oxygen atoms in total. The quantitative estimate of drug-likeness (QED) is 0.129. The fourth-order valence-corrected chi connectivity index (χ4v) is 16.0. The first-order chi connectivity index (χ1) is 28.7. The summed E-state index contributed by atoms with van der Waals surface area (Å²) in [5.74, 6) is 0.881. The molecular formula is C51H33FN4SSi. The van der Waals surface area contributed by atoms with Crippen molar-refractivity contribution in [2.45, 2.75) is 6.17 Å².